The van der Waals surface area contributed by atoms with Gasteiger partial charge in [-0.3, -0.25) is 24.1 Å². The van der Waals surface area contributed by atoms with Crippen LogP contribution in [0.15, 0.2) is 30.3 Å². The Morgan fingerprint density at radius 1 is 1.06 bits per heavy atom. The number of benzene rings is 1. The van der Waals surface area contributed by atoms with Crippen molar-refractivity contribution in [2.45, 2.75) is 77.0 Å². The second kappa shape index (κ2) is 13.5. The predicted octanol–water partition coefficient (Wildman–Crippen LogP) is -0.0868. The summed E-state index contributed by atoms with van der Waals surface area (Å²) in [6.07, 6.45) is 0.968. The lowest BCUT2D eigenvalue weighted by Crippen LogP contribution is -2.59. The van der Waals surface area contributed by atoms with Crippen LogP contribution in [0, 0.1) is 0 Å². The van der Waals surface area contributed by atoms with E-state index in [2.05, 4.69) is 10.6 Å². The van der Waals surface area contributed by atoms with Gasteiger partial charge in [-0.2, -0.15) is 0 Å². The molecule has 0 aromatic heterocycles. The van der Waals surface area contributed by atoms with Crippen LogP contribution < -0.4 is 22.1 Å². The maximum atomic E-state index is 13.5. The molecule has 0 heterocycles. The number of nitrogens with zero attached hydrogens (tertiary/aromatic N) is 1. The van der Waals surface area contributed by atoms with Crippen molar-refractivity contribution in [3.8, 4) is 0 Å². The monoisotopic (exact) mass is 491 g/mol. The molecule has 194 valence electrons. The largest absolute Gasteiger partial charge is 0.480 e. The molecule has 3 atom stereocenters. The standard InChI is InChI=1S/C24H37N5O6/c1-15(27-23(35)24(3,4)26)20(31)28-18(14-17-10-6-5-7-11-17)21(32)29(16(2)30)19(22(33)34)12-8-9-13-25/h5-7,10-11,15,18-19H,8-9,12-14,25-26H2,1-4H3,(H,27,35)(H,28,31)(H,33,34)/t15-,18-,19-/m0/s1. The van der Waals surface area contributed by atoms with Crippen LogP contribution in [0.4, 0.5) is 0 Å². The Kier molecular flexibility index (Phi) is 11.5. The van der Waals surface area contributed by atoms with Gasteiger partial charge in [0, 0.05) is 13.3 Å². The Labute approximate surface area is 205 Å². The molecule has 0 aliphatic rings. The van der Waals surface area contributed by atoms with Gasteiger partial charge in [0.1, 0.15) is 18.1 Å². The van der Waals surface area contributed by atoms with Crippen LogP contribution in [0.5, 0.6) is 0 Å². The molecule has 0 radical (unpaired) electrons. The summed E-state index contributed by atoms with van der Waals surface area (Å²) in [6, 6.07) is 5.06. The molecule has 11 heteroatoms. The van der Waals surface area contributed by atoms with Crippen molar-refractivity contribution in [1.29, 1.82) is 0 Å². The van der Waals surface area contributed by atoms with E-state index in [1.807, 2.05) is 0 Å². The number of nitrogens with one attached hydrogen (secondary N) is 2. The van der Waals surface area contributed by atoms with Gasteiger partial charge in [0.05, 0.1) is 5.54 Å². The Morgan fingerprint density at radius 3 is 2.14 bits per heavy atom. The molecule has 4 amide bonds. The minimum atomic E-state index is -1.41. The number of hydrogen-bond donors (Lipinski definition) is 5. The normalized spacial score (nSPS) is 13.8. The summed E-state index contributed by atoms with van der Waals surface area (Å²) < 4.78 is 0. The van der Waals surface area contributed by atoms with Crippen LogP contribution in [0.1, 0.15) is 52.5 Å². The number of carboxylic acids is 1. The third-order valence-electron chi connectivity index (χ3n) is 5.33. The number of unbranched alkanes of at least 4 members (excludes halogenated alkanes) is 1. The highest BCUT2D eigenvalue weighted by atomic mass is 16.4. The van der Waals surface area contributed by atoms with Gasteiger partial charge in [-0.25, -0.2) is 4.79 Å². The zero-order chi connectivity index (χ0) is 26.8. The van der Waals surface area contributed by atoms with E-state index in [4.69, 9.17) is 11.5 Å². The summed E-state index contributed by atoms with van der Waals surface area (Å²) >= 11 is 0. The lowest BCUT2D eigenvalue weighted by molar-refractivity contribution is -0.159. The predicted molar refractivity (Wildman–Crippen MR) is 130 cm³/mol. The van der Waals surface area contributed by atoms with Crippen molar-refractivity contribution in [1.82, 2.24) is 15.5 Å². The molecule has 0 fully saturated rings. The topological polar surface area (TPSA) is 185 Å². The van der Waals surface area contributed by atoms with Gasteiger partial charge in [0.2, 0.25) is 17.7 Å². The number of carboxylic acid groups (broad SMARTS) is 1. The summed E-state index contributed by atoms with van der Waals surface area (Å²) in [5.41, 5.74) is 10.7. The number of amides is 4. The number of imide groups is 1. The molecule has 1 rings (SSSR count). The molecule has 0 spiro atoms. The Bertz CT molecular complexity index is 899. The van der Waals surface area contributed by atoms with Crippen molar-refractivity contribution < 1.29 is 29.1 Å². The lowest BCUT2D eigenvalue weighted by Gasteiger charge is -2.31. The molecule has 1 aromatic rings. The molecule has 0 bridgehead atoms. The van der Waals surface area contributed by atoms with Gasteiger partial charge in [-0.05, 0) is 52.1 Å². The zero-order valence-corrected chi connectivity index (χ0v) is 20.7. The van der Waals surface area contributed by atoms with Gasteiger partial charge in [-0.15, -0.1) is 0 Å². The van der Waals surface area contributed by atoms with Crippen LogP contribution >= 0.6 is 0 Å². The van der Waals surface area contributed by atoms with Gasteiger partial charge in [-0.1, -0.05) is 30.3 Å². The second-order valence-electron chi connectivity index (χ2n) is 9.03. The van der Waals surface area contributed by atoms with Crippen LogP contribution in [0.25, 0.3) is 0 Å². The van der Waals surface area contributed by atoms with E-state index in [9.17, 15) is 29.1 Å². The van der Waals surface area contributed by atoms with Crippen LogP contribution in [0.2, 0.25) is 0 Å². The summed E-state index contributed by atoms with van der Waals surface area (Å²) in [4.78, 5) is 63.6. The van der Waals surface area contributed by atoms with E-state index in [1.165, 1.54) is 20.8 Å². The van der Waals surface area contributed by atoms with Crippen molar-refractivity contribution in [3.63, 3.8) is 0 Å². The number of rotatable bonds is 13. The first-order chi connectivity index (χ1) is 16.3. The highest BCUT2D eigenvalue weighted by Crippen LogP contribution is 2.15. The molecule has 0 saturated heterocycles. The molecule has 7 N–H and O–H groups in total. The number of nitrogens with two attached hydrogens (primary N) is 2. The highest BCUT2D eigenvalue weighted by molar-refractivity contribution is 6.02. The van der Waals surface area contributed by atoms with Gasteiger partial charge in [0.15, 0.2) is 0 Å². The number of carbonyl (C=O) groups is 5. The average molecular weight is 492 g/mol. The van der Waals surface area contributed by atoms with E-state index in [0.29, 0.717) is 29.8 Å². The van der Waals surface area contributed by atoms with E-state index >= 15 is 0 Å². The summed E-state index contributed by atoms with van der Waals surface area (Å²) in [6.45, 7) is 5.84. The smallest absolute Gasteiger partial charge is 0.326 e. The van der Waals surface area contributed by atoms with Crippen LogP contribution in [-0.2, 0) is 30.4 Å². The lowest BCUT2D eigenvalue weighted by atomic mass is 10.0. The minimum absolute atomic E-state index is 0.00732. The molecular formula is C24H37N5O6. The van der Waals surface area contributed by atoms with Crippen LogP contribution in [-0.4, -0.2) is 69.8 Å². The Morgan fingerprint density at radius 2 is 1.66 bits per heavy atom. The van der Waals surface area contributed by atoms with Crippen molar-refractivity contribution in [2.24, 2.45) is 11.5 Å². The second-order valence-corrected chi connectivity index (χ2v) is 9.03. The maximum Gasteiger partial charge on any atom is 0.326 e. The van der Waals surface area contributed by atoms with Gasteiger partial charge in [0.25, 0.3) is 5.91 Å². The summed E-state index contributed by atoms with van der Waals surface area (Å²) in [7, 11) is 0. The zero-order valence-electron chi connectivity index (χ0n) is 20.7. The molecule has 1 aromatic carbocycles. The third-order valence-corrected chi connectivity index (χ3v) is 5.33. The number of hydrogen-bond acceptors (Lipinski definition) is 7. The van der Waals surface area contributed by atoms with Crippen molar-refractivity contribution >= 4 is 29.6 Å². The molecule has 11 nitrogen and oxygen atoms in total. The van der Waals surface area contributed by atoms with Crippen molar-refractivity contribution in [3.05, 3.63) is 35.9 Å². The van der Waals surface area contributed by atoms with Crippen molar-refractivity contribution in [2.75, 3.05) is 6.54 Å². The molecule has 0 aliphatic heterocycles. The number of aliphatic carboxylic acids is 1. The van der Waals surface area contributed by atoms with Gasteiger partial charge < -0.3 is 27.2 Å². The minimum Gasteiger partial charge on any atom is -0.480 e. The summed E-state index contributed by atoms with van der Waals surface area (Å²) in [5, 5.41) is 14.8. The Hall–Kier alpha value is -3.31. The Balaban J connectivity index is 3.23. The molecule has 0 unspecified atom stereocenters. The van der Waals surface area contributed by atoms with Crippen LogP contribution in [0.3, 0.4) is 0 Å². The number of carbonyl (C=O) groups excluding carboxylic acids is 4. The van der Waals surface area contributed by atoms with Gasteiger partial charge >= 0.3 is 5.97 Å². The molecule has 35 heavy (non-hydrogen) atoms. The fraction of sp³-hybridized carbons (Fsp3) is 0.542. The van der Waals surface area contributed by atoms with E-state index < -0.39 is 53.3 Å². The van der Waals surface area contributed by atoms with E-state index in [0.717, 1.165) is 6.92 Å². The van der Waals surface area contributed by atoms with E-state index in [1.54, 1.807) is 30.3 Å². The average Bonchev–Trinajstić information content (AvgIpc) is 2.77. The quantitative estimate of drug-likeness (QED) is 0.237. The fourth-order valence-corrected chi connectivity index (χ4v) is 3.34. The van der Waals surface area contributed by atoms with E-state index in [-0.39, 0.29) is 12.8 Å². The first kappa shape index (κ1) is 29.7. The fourth-order valence-electron chi connectivity index (χ4n) is 3.34. The first-order valence-electron chi connectivity index (χ1n) is 11.5. The molecular weight excluding hydrogens is 454 g/mol. The molecule has 0 saturated carbocycles. The maximum absolute atomic E-state index is 13.5. The molecule has 0 aliphatic carbocycles. The summed E-state index contributed by atoms with van der Waals surface area (Å²) in [5.74, 6) is -4.19. The first-order valence-corrected chi connectivity index (χ1v) is 11.5. The highest BCUT2D eigenvalue weighted by Gasteiger charge is 2.37. The third kappa shape index (κ3) is 9.45. The SMILES string of the molecule is CC(=O)N(C(=O)[C@H](Cc1ccccc1)NC(=O)[C@H](C)NC(=O)C(C)(C)N)[C@@H](CCCCN)C(=O)O.